The van der Waals surface area contributed by atoms with E-state index in [1.807, 2.05) is 4.72 Å². The summed E-state index contributed by atoms with van der Waals surface area (Å²) < 4.78 is 26.2. The summed E-state index contributed by atoms with van der Waals surface area (Å²) in [5.74, 6) is -1.12. The fraction of sp³-hybridized carbons (Fsp3) is 0.0667. The number of sulfonamides is 1. The smallest absolute Gasteiger partial charge is 1.00 e. The summed E-state index contributed by atoms with van der Waals surface area (Å²) in [4.78, 5) is 23.1. The van der Waals surface area contributed by atoms with Crippen LogP contribution < -0.4 is 67.2 Å². The molecule has 0 aliphatic heterocycles. The van der Waals surface area contributed by atoms with E-state index in [2.05, 4.69) is 5.32 Å². The Bertz CT molecular complexity index is 860. The topological polar surface area (TPSA) is 118 Å². The molecule has 2 aromatic carbocycles. The van der Waals surface area contributed by atoms with Crippen molar-refractivity contribution in [2.24, 2.45) is 0 Å². The van der Waals surface area contributed by atoms with E-state index in [0.717, 1.165) is 0 Å². The van der Waals surface area contributed by atoms with Gasteiger partial charge in [-0.15, -0.1) is 0 Å². The normalized spacial score (nSPS) is 10.4. The number of anilines is 2. The third-order valence-electron chi connectivity index (χ3n) is 2.91. The summed E-state index contributed by atoms with van der Waals surface area (Å²) in [6.07, 6.45) is 0. The number of hydrogen-bond acceptors (Lipinski definition) is 5. The van der Waals surface area contributed by atoms with Gasteiger partial charge in [0.1, 0.15) is 0 Å². The van der Waals surface area contributed by atoms with Gasteiger partial charge in [0, 0.05) is 12.5 Å². The molecule has 2 rings (SSSR count). The van der Waals surface area contributed by atoms with E-state index in [1.54, 1.807) is 18.2 Å². The number of carbonyl (C=O) groups is 2. The van der Waals surface area contributed by atoms with Crippen molar-refractivity contribution >= 4 is 33.2 Å². The minimum absolute atomic E-state index is 0. The van der Waals surface area contributed by atoms with Crippen molar-refractivity contribution in [2.75, 3.05) is 11.1 Å². The maximum absolute atomic E-state index is 12.1. The molecule has 2 amide bonds. The molecule has 0 fully saturated rings. The molecule has 24 heavy (non-hydrogen) atoms. The fourth-order valence-corrected chi connectivity index (χ4v) is 2.84. The molecule has 0 unspecified atom stereocenters. The second-order valence-corrected chi connectivity index (χ2v) is 6.41. The number of nitrogens with two attached hydrogens (primary N) is 1. The van der Waals surface area contributed by atoms with Gasteiger partial charge in [0.2, 0.25) is 5.91 Å². The van der Waals surface area contributed by atoms with Crippen LogP contribution in [0.4, 0.5) is 11.4 Å². The molecule has 0 bridgehead atoms. The third-order valence-corrected chi connectivity index (χ3v) is 4.25. The first-order chi connectivity index (χ1) is 10.8. The molecule has 0 saturated heterocycles. The molecule has 0 aliphatic rings. The van der Waals surface area contributed by atoms with Gasteiger partial charge in [-0.3, -0.25) is 9.59 Å². The Morgan fingerprint density at radius 1 is 1.08 bits per heavy atom. The van der Waals surface area contributed by atoms with Crippen LogP contribution in [0.2, 0.25) is 0 Å². The average Bonchev–Trinajstić information content (AvgIpc) is 2.49. The zero-order valence-electron chi connectivity index (χ0n) is 14.2. The summed E-state index contributed by atoms with van der Waals surface area (Å²) in [7, 11) is -3.96. The van der Waals surface area contributed by atoms with E-state index in [4.69, 9.17) is 5.73 Å². The van der Waals surface area contributed by atoms with Crippen LogP contribution in [0.5, 0.6) is 0 Å². The van der Waals surface area contributed by atoms with E-state index in [-0.39, 0.29) is 74.9 Å². The van der Waals surface area contributed by atoms with E-state index < -0.39 is 15.9 Å². The number of nitrogens with one attached hydrogen (secondary N) is 2. The SMILES string of the molecule is CC(=O)Nc1ccc(C(=O)NS(=O)(=O)c2ccccc2)cc1N.[H-].[K+]. The van der Waals surface area contributed by atoms with E-state index in [0.29, 0.717) is 5.69 Å². The number of carbonyl (C=O) groups excluding carboxylic acids is 2. The number of nitrogen functional groups attached to an aromatic ring is 1. The molecule has 122 valence electrons. The van der Waals surface area contributed by atoms with Gasteiger partial charge in [0.15, 0.2) is 0 Å². The van der Waals surface area contributed by atoms with Crippen molar-refractivity contribution in [1.82, 2.24) is 4.72 Å². The van der Waals surface area contributed by atoms with Crippen LogP contribution in [0.1, 0.15) is 18.7 Å². The van der Waals surface area contributed by atoms with Crippen LogP contribution >= 0.6 is 0 Å². The molecule has 0 saturated carbocycles. The first-order valence-electron chi connectivity index (χ1n) is 6.59. The molecule has 7 nitrogen and oxygen atoms in total. The second kappa shape index (κ2) is 8.74. The van der Waals surface area contributed by atoms with Crippen molar-refractivity contribution in [2.45, 2.75) is 11.8 Å². The van der Waals surface area contributed by atoms with Crippen molar-refractivity contribution in [1.29, 1.82) is 0 Å². The monoisotopic (exact) mass is 373 g/mol. The van der Waals surface area contributed by atoms with E-state index in [9.17, 15) is 18.0 Å². The maximum atomic E-state index is 12.1. The van der Waals surface area contributed by atoms with Crippen LogP contribution in [0.25, 0.3) is 0 Å². The van der Waals surface area contributed by atoms with Crippen molar-refractivity contribution in [3.8, 4) is 0 Å². The van der Waals surface area contributed by atoms with Crippen molar-refractivity contribution < 1.29 is 70.8 Å². The molecule has 0 aromatic heterocycles. The Hall–Kier alpha value is -1.23. The van der Waals surface area contributed by atoms with Crippen LogP contribution in [0.15, 0.2) is 53.4 Å². The van der Waals surface area contributed by atoms with Crippen LogP contribution in [0.3, 0.4) is 0 Å². The van der Waals surface area contributed by atoms with Gasteiger partial charge < -0.3 is 12.5 Å². The zero-order chi connectivity index (χ0) is 17.0. The number of amides is 2. The Kier molecular flexibility index (Phi) is 7.58. The van der Waals surface area contributed by atoms with Crippen LogP contribution in [-0.4, -0.2) is 20.2 Å². The minimum Gasteiger partial charge on any atom is -1.00 e. The molecule has 9 heteroatoms. The van der Waals surface area contributed by atoms with Crippen molar-refractivity contribution in [3.63, 3.8) is 0 Å². The summed E-state index contributed by atoms with van der Waals surface area (Å²) >= 11 is 0. The molecule has 0 heterocycles. The molecule has 0 atom stereocenters. The molecule has 4 N–H and O–H groups in total. The predicted molar refractivity (Wildman–Crippen MR) is 87.4 cm³/mol. The molecule has 0 spiro atoms. The molecule has 0 aliphatic carbocycles. The van der Waals surface area contributed by atoms with Gasteiger partial charge in [0.25, 0.3) is 15.9 Å². The summed E-state index contributed by atoms with van der Waals surface area (Å²) in [5, 5.41) is 2.50. The van der Waals surface area contributed by atoms with E-state index in [1.165, 1.54) is 37.3 Å². The fourth-order valence-electron chi connectivity index (χ4n) is 1.85. The second-order valence-electron chi connectivity index (χ2n) is 4.73. The Labute approximate surface area is 184 Å². The first-order valence-corrected chi connectivity index (χ1v) is 8.07. The largest absolute Gasteiger partial charge is 1.00 e. The van der Waals surface area contributed by atoms with Gasteiger partial charge in [0.05, 0.1) is 16.3 Å². The first kappa shape index (κ1) is 20.8. The Morgan fingerprint density at radius 3 is 2.25 bits per heavy atom. The standard InChI is InChI=1S/C15H15N3O4S.K.H/c1-10(19)17-14-8-7-11(9-13(14)16)15(20)18-23(21,22)12-5-3-2-4-6-12;;/h2-9H,16H2,1H3,(H,17,19)(H,18,20);;/q;+1;-1. The number of hydrogen-bond donors (Lipinski definition) is 3. The predicted octanol–water partition coefficient (Wildman–Crippen LogP) is -1.54. The van der Waals surface area contributed by atoms with Crippen LogP contribution in [0, 0.1) is 0 Å². The van der Waals surface area contributed by atoms with Gasteiger partial charge in [-0.1, -0.05) is 18.2 Å². The third kappa shape index (κ3) is 5.40. The molecule has 0 radical (unpaired) electrons. The number of rotatable bonds is 4. The summed E-state index contributed by atoms with van der Waals surface area (Å²) in [6, 6.07) is 11.6. The molecular weight excluding hydrogens is 357 g/mol. The Morgan fingerprint density at radius 2 is 1.71 bits per heavy atom. The minimum atomic E-state index is -3.96. The van der Waals surface area contributed by atoms with E-state index >= 15 is 0 Å². The van der Waals surface area contributed by atoms with Gasteiger partial charge in [-0.05, 0) is 30.3 Å². The van der Waals surface area contributed by atoms with Gasteiger partial charge in [-0.25, -0.2) is 13.1 Å². The van der Waals surface area contributed by atoms with Crippen LogP contribution in [-0.2, 0) is 14.8 Å². The maximum Gasteiger partial charge on any atom is 1.00 e. The summed E-state index contributed by atoms with van der Waals surface area (Å²) in [5.41, 5.74) is 6.31. The van der Waals surface area contributed by atoms with Crippen molar-refractivity contribution in [3.05, 3.63) is 54.1 Å². The van der Waals surface area contributed by atoms with Gasteiger partial charge in [-0.2, -0.15) is 0 Å². The number of benzene rings is 2. The zero-order valence-corrected chi connectivity index (χ0v) is 17.2. The van der Waals surface area contributed by atoms with Gasteiger partial charge >= 0.3 is 51.4 Å². The molecular formula is C15H16KN3O4S. The average molecular weight is 373 g/mol. The Balaban J connectivity index is 0.00000288. The molecule has 2 aromatic rings. The quantitative estimate of drug-likeness (QED) is 0.444. The summed E-state index contributed by atoms with van der Waals surface area (Å²) in [6.45, 7) is 1.33.